The van der Waals surface area contributed by atoms with Crippen molar-refractivity contribution in [3.63, 3.8) is 0 Å². The van der Waals surface area contributed by atoms with Crippen molar-refractivity contribution in [2.75, 3.05) is 53.5 Å². The molecule has 0 amide bonds. The maximum Gasteiger partial charge on any atom is 0.201 e. The molecule has 1 unspecified atom stereocenters. The highest BCUT2D eigenvalue weighted by Crippen LogP contribution is 2.32. The lowest BCUT2D eigenvalue weighted by Crippen LogP contribution is -2.27. The number of methoxy groups -OCH3 is 1. The minimum Gasteiger partial charge on any atom is -0.490 e. The van der Waals surface area contributed by atoms with Crippen LogP contribution in [0, 0.1) is 17.6 Å². The van der Waals surface area contributed by atoms with Gasteiger partial charge in [-0.15, -0.1) is 0 Å². The largest absolute Gasteiger partial charge is 0.490 e. The first kappa shape index (κ1) is 31.8. The van der Waals surface area contributed by atoms with E-state index in [1.165, 1.54) is 12.5 Å². The Kier molecular flexibility index (Phi) is 13.7. The Morgan fingerprint density at radius 1 is 0.732 bits per heavy atom. The van der Waals surface area contributed by atoms with E-state index in [0.717, 1.165) is 70.1 Å². The highest BCUT2D eigenvalue weighted by molar-refractivity contribution is 5.65. The monoisotopic (exact) mass is 578 g/mol. The van der Waals surface area contributed by atoms with Gasteiger partial charge in [0.25, 0.3) is 0 Å². The molecule has 0 aromatic heterocycles. The maximum absolute atomic E-state index is 14.9. The summed E-state index contributed by atoms with van der Waals surface area (Å²) in [6, 6.07) is 10.3. The van der Waals surface area contributed by atoms with Crippen molar-refractivity contribution < 1.29 is 41.9 Å². The first-order chi connectivity index (χ1) is 20.2. The number of rotatable bonds is 20. The van der Waals surface area contributed by atoms with Gasteiger partial charge in [0.1, 0.15) is 13.4 Å². The summed E-state index contributed by atoms with van der Waals surface area (Å²) in [6.45, 7) is 4.09. The summed E-state index contributed by atoms with van der Waals surface area (Å²) >= 11 is 0. The summed E-state index contributed by atoms with van der Waals surface area (Å²) in [5, 5.41) is 0. The first-order valence-corrected chi connectivity index (χ1v) is 14.9. The Morgan fingerprint density at radius 3 is 2.12 bits per heavy atom. The molecule has 2 aliphatic heterocycles. The number of hydrogen-bond donors (Lipinski definition) is 0. The number of hydrogen-bond acceptors (Lipinski definition) is 7. The van der Waals surface area contributed by atoms with Gasteiger partial charge in [0.05, 0.1) is 19.8 Å². The summed E-state index contributed by atoms with van der Waals surface area (Å²) < 4.78 is 67.7. The minimum atomic E-state index is -0.967. The second-order valence-electron chi connectivity index (χ2n) is 10.6. The Morgan fingerprint density at radius 2 is 1.41 bits per heavy atom. The van der Waals surface area contributed by atoms with Crippen LogP contribution in [-0.2, 0) is 28.4 Å². The number of epoxide rings is 1. The molecule has 2 saturated heterocycles. The van der Waals surface area contributed by atoms with Gasteiger partial charge in [0, 0.05) is 37.4 Å². The van der Waals surface area contributed by atoms with Crippen LogP contribution in [0.3, 0.4) is 0 Å². The van der Waals surface area contributed by atoms with Crippen LogP contribution in [-0.4, -0.2) is 59.8 Å². The average molecular weight is 579 g/mol. The normalized spacial score (nSPS) is 20.3. The smallest absolute Gasteiger partial charge is 0.201 e. The van der Waals surface area contributed by atoms with E-state index in [1.54, 1.807) is 25.3 Å². The molecule has 9 heteroatoms. The van der Waals surface area contributed by atoms with E-state index in [0.29, 0.717) is 44.7 Å². The summed E-state index contributed by atoms with van der Waals surface area (Å²) in [7, 11) is 1.59. The van der Waals surface area contributed by atoms with E-state index >= 15 is 0 Å². The third-order valence-electron chi connectivity index (χ3n) is 7.26. The van der Waals surface area contributed by atoms with Crippen molar-refractivity contribution in [2.45, 2.75) is 70.4 Å². The summed E-state index contributed by atoms with van der Waals surface area (Å²) in [4.78, 5) is 0. The third kappa shape index (κ3) is 10.9. The quantitative estimate of drug-likeness (QED) is 0.0937. The van der Waals surface area contributed by atoms with Crippen LogP contribution in [0.25, 0.3) is 11.1 Å². The van der Waals surface area contributed by atoms with Gasteiger partial charge in [-0.2, -0.15) is 4.39 Å². The highest BCUT2D eigenvalue weighted by Gasteiger charge is 2.24. The number of unbranched alkanes of at least 4 members (excludes halogenated alkanes) is 6. The van der Waals surface area contributed by atoms with Gasteiger partial charge in [-0.3, -0.25) is 0 Å². The fraction of sp³-hybridized carbons (Fsp3) is 0.625. The molecule has 2 aliphatic rings. The van der Waals surface area contributed by atoms with Crippen molar-refractivity contribution in [2.24, 2.45) is 5.92 Å². The van der Waals surface area contributed by atoms with Gasteiger partial charge in [-0.1, -0.05) is 49.9 Å². The molecule has 0 saturated carbocycles. The second-order valence-corrected chi connectivity index (χ2v) is 10.6. The Balaban J connectivity index is 1.14. The number of halogens is 2. The van der Waals surface area contributed by atoms with E-state index in [1.807, 2.05) is 12.1 Å². The Bertz CT molecular complexity index is 1010. The van der Waals surface area contributed by atoms with Crippen molar-refractivity contribution in [1.82, 2.24) is 0 Å². The van der Waals surface area contributed by atoms with Crippen LogP contribution in [0.1, 0.15) is 69.6 Å². The molecule has 41 heavy (non-hydrogen) atoms. The zero-order valence-corrected chi connectivity index (χ0v) is 24.1. The fourth-order valence-electron chi connectivity index (χ4n) is 4.81. The van der Waals surface area contributed by atoms with Crippen molar-refractivity contribution >= 4 is 0 Å². The standard InChI is InChI=1S/C32H44F2O7/c1-35-23-36-17-7-4-5-8-18-37-28-16-15-27(30(33)31(28)34)25-11-13-26(14-12-25)32-40-20-24(21-41-32)10-6-2-3-9-19-38-29-22-39-29/h11-16,24,29,32H,2-10,17-23H2,1H3. The Labute approximate surface area is 242 Å². The SMILES string of the molecule is COCOCCCCCCOc1ccc(-c2ccc(C3OCC(CCCCCCOC4CO4)CO3)cc2)c(F)c1F. The first-order valence-electron chi connectivity index (χ1n) is 14.9. The van der Waals surface area contributed by atoms with Gasteiger partial charge < -0.3 is 33.2 Å². The van der Waals surface area contributed by atoms with Crippen LogP contribution in [0.4, 0.5) is 8.78 Å². The van der Waals surface area contributed by atoms with E-state index < -0.39 is 17.9 Å². The molecule has 2 aromatic rings. The molecule has 0 aliphatic carbocycles. The number of benzene rings is 2. The molecule has 7 nitrogen and oxygen atoms in total. The molecular weight excluding hydrogens is 534 g/mol. The topological polar surface area (TPSA) is 67.9 Å². The predicted molar refractivity (Wildman–Crippen MR) is 150 cm³/mol. The second kappa shape index (κ2) is 17.7. The van der Waals surface area contributed by atoms with Crippen LogP contribution in [0.15, 0.2) is 36.4 Å². The molecule has 4 rings (SSSR count). The molecule has 2 fully saturated rings. The van der Waals surface area contributed by atoms with E-state index in [4.69, 9.17) is 33.2 Å². The molecule has 1 atom stereocenters. The summed E-state index contributed by atoms with van der Waals surface area (Å²) in [5.41, 5.74) is 1.63. The lowest BCUT2D eigenvalue weighted by molar-refractivity contribution is -0.206. The van der Waals surface area contributed by atoms with E-state index in [-0.39, 0.29) is 17.6 Å². The summed E-state index contributed by atoms with van der Waals surface area (Å²) in [5.74, 6) is -1.56. The molecule has 0 spiro atoms. The highest BCUT2D eigenvalue weighted by atomic mass is 19.2. The van der Waals surface area contributed by atoms with Gasteiger partial charge in [0.2, 0.25) is 5.82 Å². The van der Waals surface area contributed by atoms with Crippen molar-refractivity contribution in [1.29, 1.82) is 0 Å². The van der Waals surface area contributed by atoms with Crippen molar-refractivity contribution in [3.05, 3.63) is 53.6 Å². The molecule has 2 heterocycles. The minimum absolute atomic E-state index is 0.0513. The maximum atomic E-state index is 14.9. The average Bonchev–Trinajstić information content (AvgIpc) is 3.83. The van der Waals surface area contributed by atoms with Gasteiger partial charge in [-0.05, 0) is 49.8 Å². The van der Waals surface area contributed by atoms with Gasteiger partial charge >= 0.3 is 0 Å². The zero-order valence-electron chi connectivity index (χ0n) is 24.1. The molecule has 228 valence electrons. The molecule has 2 aromatic carbocycles. The zero-order chi connectivity index (χ0) is 28.7. The number of ether oxygens (including phenoxy) is 7. The van der Waals surface area contributed by atoms with Crippen LogP contribution < -0.4 is 4.74 Å². The third-order valence-corrected chi connectivity index (χ3v) is 7.26. The van der Waals surface area contributed by atoms with Crippen molar-refractivity contribution in [3.8, 4) is 16.9 Å². The molecule has 0 bridgehead atoms. The Hall–Kier alpha value is -2.14. The van der Waals surface area contributed by atoms with Gasteiger partial charge in [-0.25, -0.2) is 4.39 Å². The molecular formula is C32H44F2O7. The van der Waals surface area contributed by atoms with Crippen LogP contribution >= 0.6 is 0 Å². The van der Waals surface area contributed by atoms with E-state index in [9.17, 15) is 8.78 Å². The van der Waals surface area contributed by atoms with Crippen LogP contribution in [0.2, 0.25) is 0 Å². The fourth-order valence-corrected chi connectivity index (χ4v) is 4.81. The lowest BCUT2D eigenvalue weighted by atomic mass is 10.0. The van der Waals surface area contributed by atoms with Crippen LogP contribution in [0.5, 0.6) is 5.75 Å². The van der Waals surface area contributed by atoms with Gasteiger partial charge in [0.15, 0.2) is 24.1 Å². The lowest BCUT2D eigenvalue weighted by Gasteiger charge is -2.29. The molecule has 0 radical (unpaired) electrons. The molecule has 0 N–H and O–H groups in total. The van der Waals surface area contributed by atoms with E-state index in [2.05, 4.69) is 0 Å². The summed E-state index contributed by atoms with van der Waals surface area (Å²) in [6.07, 6.45) is 8.81. The predicted octanol–water partition coefficient (Wildman–Crippen LogP) is 7.18.